The normalized spacial score (nSPS) is 10.4. The molecule has 0 aliphatic heterocycles. The summed E-state index contributed by atoms with van der Waals surface area (Å²) in [5.41, 5.74) is 8.62. The summed E-state index contributed by atoms with van der Waals surface area (Å²) in [6.45, 7) is 0.652. The summed E-state index contributed by atoms with van der Waals surface area (Å²) in [5, 5.41) is 0. The van der Waals surface area contributed by atoms with Gasteiger partial charge in [0.15, 0.2) is 0 Å². The van der Waals surface area contributed by atoms with Gasteiger partial charge in [0.05, 0.1) is 0 Å². The second-order valence-corrected chi connectivity index (χ2v) is 3.75. The molecule has 2 heteroatoms. The second kappa shape index (κ2) is 4.90. The SMILES string of the molecule is NCCc1ccc(-c2cccc(F)c2)cc1. The zero-order chi connectivity index (χ0) is 11.4. The fourth-order valence-electron chi connectivity index (χ4n) is 1.70. The van der Waals surface area contributed by atoms with Gasteiger partial charge in [0.25, 0.3) is 0 Å². The highest BCUT2D eigenvalue weighted by Gasteiger charge is 1.99. The monoisotopic (exact) mass is 215 g/mol. The van der Waals surface area contributed by atoms with Crippen molar-refractivity contribution in [2.45, 2.75) is 6.42 Å². The molecule has 0 aromatic heterocycles. The summed E-state index contributed by atoms with van der Waals surface area (Å²) >= 11 is 0. The Labute approximate surface area is 94.7 Å². The molecule has 0 spiro atoms. The van der Waals surface area contributed by atoms with Gasteiger partial charge in [-0.2, -0.15) is 0 Å². The van der Waals surface area contributed by atoms with Crippen molar-refractivity contribution in [2.24, 2.45) is 5.73 Å². The van der Waals surface area contributed by atoms with Gasteiger partial charge in [0, 0.05) is 0 Å². The van der Waals surface area contributed by atoms with Crippen LogP contribution in [0.4, 0.5) is 4.39 Å². The standard InChI is InChI=1S/C14H14FN/c15-14-3-1-2-13(10-14)12-6-4-11(5-7-12)8-9-16/h1-7,10H,8-9,16H2. The lowest BCUT2D eigenvalue weighted by atomic mass is 10.0. The van der Waals surface area contributed by atoms with E-state index >= 15 is 0 Å². The maximum atomic E-state index is 13.0. The predicted molar refractivity (Wildman–Crippen MR) is 64.6 cm³/mol. The third-order valence-corrected chi connectivity index (χ3v) is 2.54. The average molecular weight is 215 g/mol. The van der Waals surface area contributed by atoms with Crippen molar-refractivity contribution in [2.75, 3.05) is 6.54 Å². The first kappa shape index (κ1) is 10.8. The zero-order valence-electron chi connectivity index (χ0n) is 8.99. The minimum absolute atomic E-state index is 0.205. The molecule has 0 amide bonds. The number of halogens is 1. The average Bonchev–Trinajstić information content (AvgIpc) is 2.30. The molecule has 0 aliphatic carbocycles. The van der Waals surface area contributed by atoms with Crippen LogP contribution < -0.4 is 5.73 Å². The van der Waals surface area contributed by atoms with Crippen LogP contribution >= 0.6 is 0 Å². The van der Waals surface area contributed by atoms with Gasteiger partial charge in [-0.1, -0.05) is 36.4 Å². The van der Waals surface area contributed by atoms with E-state index < -0.39 is 0 Å². The molecule has 0 bridgehead atoms. The highest BCUT2D eigenvalue weighted by molar-refractivity contribution is 5.63. The lowest BCUT2D eigenvalue weighted by Gasteiger charge is -2.03. The molecule has 0 saturated heterocycles. The maximum absolute atomic E-state index is 13.0. The molecule has 82 valence electrons. The van der Waals surface area contributed by atoms with Crippen molar-refractivity contribution >= 4 is 0 Å². The fourth-order valence-corrected chi connectivity index (χ4v) is 1.70. The van der Waals surface area contributed by atoms with Gasteiger partial charge in [-0.15, -0.1) is 0 Å². The van der Waals surface area contributed by atoms with Crippen molar-refractivity contribution in [1.82, 2.24) is 0 Å². The first-order valence-electron chi connectivity index (χ1n) is 5.34. The van der Waals surface area contributed by atoms with Gasteiger partial charge < -0.3 is 5.73 Å². The molecule has 0 unspecified atom stereocenters. The molecule has 16 heavy (non-hydrogen) atoms. The summed E-state index contributed by atoms with van der Waals surface area (Å²) in [5.74, 6) is -0.205. The van der Waals surface area contributed by atoms with Crippen LogP contribution in [0, 0.1) is 5.82 Å². The lowest BCUT2D eigenvalue weighted by Crippen LogP contribution is -2.02. The van der Waals surface area contributed by atoms with Crippen molar-refractivity contribution < 1.29 is 4.39 Å². The molecule has 0 heterocycles. The Balaban J connectivity index is 2.27. The van der Waals surface area contributed by atoms with Crippen LogP contribution in [-0.4, -0.2) is 6.54 Å². The third-order valence-electron chi connectivity index (χ3n) is 2.54. The molecule has 0 fully saturated rings. The van der Waals surface area contributed by atoms with E-state index in [1.165, 1.54) is 17.7 Å². The molecule has 0 saturated carbocycles. The fraction of sp³-hybridized carbons (Fsp3) is 0.143. The number of hydrogen-bond donors (Lipinski definition) is 1. The van der Waals surface area contributed by atoms with Gasteiger partial charge in [0.1, 0.15) is 5.82 Å². The summed E-state index contributed by atoms with van der Waals surface area (Å²) in [4.78, 5) is 0. The quantitative estimate of drug-likeness (QED) is 0.836. The van der Waals surface area contributed by atoms with Crippen LogP contribution in [0.25, 0.3) is 11.1 Å². The van der Waals surface area contributed by atoms with E-state index in [0.717, 1.165) is 17.5 Å². The van der Waals surface area contributed by atoms with Crippen molar-refractivity contribution in [1.29, 1.82) is 0 Å². The van der Waals surface area contributed by atoms with Gasteiger partial charge in [-0.05, 0) is 41.8 Å². The largest absolute Gasteiger partial charge is 0.330 e. The Bertz CT molecular complexity index is 462. The van der Waals surface area contributed by atoms with Crippen LogP contribution in [0.5, 0.6) is 0 Å². The number of benzene rings is 2. The number of hydrogen-bond acceptors (Lipinski definition) is 1. The van der Waals surface area contributed by atoms with E-state index in [9.17, 15) is 4.39 Å². The molecule has 2 aromatic rings. The molecule has 0 aliphatic rings. The van der Waals surface area contributed by atoms with Gasteiger partial charge in [-0.3, -0.25) is 0 Å². The molecular formula is C14H14FN. The number of nitrogens with two attached hydrogens (primary N) is 1. The Morgan fingerprint density at radius 1 is 0.938 bits per heavy atom. The predicted octanol–water partition coefficient (Wildman–Crippen LogP) is 2.99. The van der Waals surface area contributed by atoms with Crippen molar-refractivity contribution in [3.8, 4) is 11.1 Å². The van der Waals surface area contributed by atoms with Crippen LogP contribution in [-0.2, 0) is 6.42 Å². The first-order chi connectivity index (χ1) is 7.79. The van der Waals surface area contributed by atoms with E-state index in [-0.39, 0.29) is 5.82 Å². The van der Waals surface area contributed by atoms with Crippen molar-refractivity contribution in [3.05, 3.63) is 59.9 Å². The molecular weight excluding hydrogens is 201 g/mol. The van der Waals surface area contributed by atoms with Crippen LogP contribution in [0.15, 0.2) is 48.5 Å². The van der Waals surface area contributed by atoms with Crippen LogP contribution in [0.2, 0.25) is 0 Å². The van der Waals surface area contributed by atoms with Gasteiger partial charge in [-0.25, -0.2) is 4.39 Å². The van der Waals surface area contributed by atoms with Gasteiger partial charge in [0.2, 0.25) is 0 Å². The Kier molecular flexibility index (Phi) is 3.32. The number of rotatable bonds is 3. The maximum Gasteiger partial charge on any atom is 0.123 e. The van der Waals surface area contributed by atoms with E-state index in [2.05, 4.69) is 0 Å². The smallest absolute Gasteiger partial charge is 0.123 e. The summed E-state index contributed by atoms with van der Waals surface area (Å²) in [6.07, 6.45) is 0.878. The summed E-state index contributed by atoms with van der Waals surface area (Å²) in [6, 6.07) is 14.7. The molecule has 2 aromatic carbocycles. The molecule has 2 rings (SSSR count). The molecule has 0 atom stereocenters. The Hall–Kier alpha value is -1.67. The summed E-state index contributed by atoms with van der Waals surface area (Å²) < 4.78 is 13.0. The van der Waals surface area contributed by atoms with E-state index in [1.807, 2.05) is 30.3 Å². The lowest BCUT2D eigenvalue weighted by molar-refractivity contribution is 0.628. The van der Waals surface area contributed by atoms with E-state index in [1.54, 1.807) is 6.07 Å². The molecule has 0 radical (unpaired) electrons. The topological polar surface area (TPSA) is 26.0 Å². The van der Waals surface area contributed by atoms with Crippen molar-refractivity contribution in [3.63, 3.8) is 0 Å². The second-order valence-electron chi connectivity index (χ2n) is 3.75. The summed E-state index contributed by atoms with van der Waals surface area (Å²) in [7, 11) is 0. The third kappa shape index (κ3) is 2.47. The van der Waals surface area contributed by atoms with Gasteiger partial charge >= 0.3 is 0 Å². The Morgan fingerprint density at radius 3 is 2.31 bits per heavy atom. The van der Waals surface area contributed by atoms with E-state index in [0.29, 0.717) is 6.54 Å². The minimum atomic E-state index is -0.205. The van der Waals surface area contributed by atoms with E-state index in [4.69, 9.17) is 5.73 Å². The highest BCUT2D eigenvalue weighted by Crippen LogP contribution is 2.20. The minimum Gasteiger partial charge on any atom is -0.330 e. The molecule has 2 N–H and O–H groups in total. The van der Waals surface area contributed by atoms with Crippen LogP contribution in [0.3, 0.4) is 0 Å². The zero-order valence-corrected chi connectivity index (χ0v) is 8.99. The van der Waals surface area contributed by atoms with Crippen LogP contribution in [0.1, 0.15) is 5.56 Å². The Morgan fingerprint density at radius 2 is 1.69 bits per heavy atom. The highest BCUT2D eigenvalue weighted by atomic mass is 19.1. The first-order valence-corrected chi connectivity index (χ1v) is 5.34. The molecule has 1 nitrogen and oxygen atoms in total.